The lowest BCUT2D eigenvalue weighted by Crippen LogP contribution is -2.49. The SMILES string of the molecule is CCC1CCC(C#N)(NC(=O)c2ccccc2Cl)CC1. The summed E-state index contributed by atoms with van der Waals surface area (Å²) >= 11 is 6.03. The van der Waals surface area contributed by atoms with Crippen molar-refractivity contribution in [2.75, 3.05) is 0 Å². The molecule has 1 aromatic carbocycles. The van der Waals surface area contributed by atoms with Crippen LogP contribution in [0, 0.1) is 17.2 Å². The summed E-state index contributed by atoms with van der Waals surface area (Å²) in [6, 6.07) is 9.23. The molecule has 0 aliphatic heterocycles. The van der Waals surface area contributed by atoms with Gasteiger partial charge in [0.1, 0.15) is 5.54 Å². The fourth-order valence-corrected chi connectivity index (χ4v) is 2.99. The molecule has 1 aliphatic rings. The molecule has 0 unspecified atom stereocenters. The van der Waals surface area contributed by atoms with E-state index in [0.717, 1.165) is 32.1 Å². The number of amides is 1. The second-order valence-corrected chi connectivity index (χ2v) is 5.89. The van der Waals surface area contributed by atoms with Crippen LogP contribution in [0.4, 0.5) is 0 Å². The Hall–Kier alpha value is -1.53. The topological polar surface area (TPSA) is 52.9 Å². The van der Waals surface area contributed by atoms with Gasteiger partial charge in [-0.25, -0.2) is 0 Å². The number of nitrogens with zero attached hydrogens (tertiary/aromatic N) is 1. The summed E-state index contributed by atoms with van der Waals surface area (Å²) in [5.41, 5.74) is -0.302. The van der Waals surface area contributed by atoms with E-state index < -0.39 is 5.54 Å². The first-order chi connectivity index (χ1) is 9.60. The molecule has 1 aliphatic carbocycles. The van der Waals surface area contributed by atoms with Gasteiger partial charge in [-0.2, -0.15) is 5.26 Å². The molecule has 1 fully saturated rings. The van der Waals surface area contributed by atoms with Crippen LogP contribution in [-0.2, 0) is 0 Å². The number of benzene rings is 1. The largest absolute Gasteiger partial charge is 0.334 e. The Bertz CT molecular complexity index is 528. The molecule has 3 nitrogen and oxygen atoms in total. The van der Waals surface area contributed by atoms with E-state index in [-0.39, 0.29) is 5.91 Å². The number of hydrogen-bond donors (Lipinski definition) is 1. The number of carbonyl (C=O) groups excluding carboxylic acids is 1. The summed E-state index contributed by atoms with van der Waals surface area (Å²) in [4.78, 5) is 12.3. The van der Waals surface area contributed by atoms with Crippen molar-refractivity contribution < 1.29 is 4.79 Å². The van der Waals surface area contributed by atoms with Crippen LogP contribution in [0.2, 0.25) is 5.02 Å². The third-order valence-corrected chi connectivity index (χ3v) is 4.55. The molecule has 4 heteroatoms. The van der Waals surface area contributed by atoms with Gasteiger partial charge in [-0.05, 0) is 43.7 Å². The summed E-state index contributed by atoms with van der Waals surface area (Å²) in [5.74, 6) is 0.417. The average molecular weight is 291 g/mol. The molecule has 0 aromatic heterocycles. The molecular formula is C16H19ClN2O. The van der Waals surface area contributed by atoms with Crippen molar-refractivity contribution in [1.82, 2.24) is 5.32 Å². The highest BCUT2D eigenvalue weighted by atomic mass is 35.5. The van der Waals surface area contributed by atoms with Crippen molar-refractivity contribution >= 4 is 17.5 Å². The number of hydrogen-bond acceptors (Lipinski definition) is 2. The van der Waals surface area contributed by atoms with E-state index >= 15 is 0 Å². The highest BCUT2D eigenvalue weighted by Gasteiger charge is 2.36. The first kappa shape index (κ1) is 14.9. The van der Waals surface area contributed by atoms with E-state index in [0.29, 0.717) is 16.5 Å². The average Bonchev–Trinajstić information content (AvgIpc) is 2.48. The first-order valence-electron chi connectivity index (χ1n) is 7.08. The lowest BCUT2D eigenvalue weighted by Gasteiger charge is -2.35. The van der Waals surface area contributed by atoms with E-state index in [2.05, 4.69) is 18.3 Å². The van der Waals surface area contributed by atoms with Crippen LogP contribution in [0.3, 0.4) is 0 Å². The molecule has 0 radical (unpaired) electrons. The number of rotatable bonds is 3. The summed E-state index contributed by atoms with van der Waals surface area (Å²) in [6.07, 6.45) is 4.57. The number of halogens is 1. The zero-order chi connectivity index (χ0) is 14.6. The van der Waals surface area contributed by atoms with Gasteiger partial charge in [0, 0.05) is 0 Å². The van der Waals surface area contributed by atoms with Gasteiger partial charge in [0.15, 0.2) is 0 Å². The number of nitriles is 1. The van der Waals surface area contributed by atoms with Crippen LogP contribution in [0.25, 0.3) is 0 Å². The smallest absolute Gasteiger partial charge is 0.254 e. The van der Waals surface area contributed by atoms with Crippen LogP contribution in [0.15, 0.2) is 24.3 Å². The van der Waals surface area contributed by atoms with Crippen LogP contribution < -0.4 is 5.32 Å². The summed E-state index contributed by atoms with van der Waals surface area (Å²) < 4.78 is 0. The zero-order valence-electron chi connectivity index (χ0n) is 11.7. The van der Waals surface area contributed by atoms with E-state index in [1.165, 1.54) is 0 Å². The summed E-state index contributed by atoms with van der Waals surface area (Å²) in [7, 11) is 0. The Labute approximate surface area is 124 Å². The van der Waals surface area contributed by atoms with Gasteiger partial charge in [0.05, 0.1) is 16.7 Å². The molecule has 1 aromatic rings. The predicted molar refractivity (Wildman–Crippen MR) is 79.5 cm³/mol. The molecule has 20 heavy (non-hydrogen) atoms. The zero-order valence-corrected chi connectivity index (χ0v) is 12.4. The van der Waals surface area contributed by atoms with E-state index in [1.807, 2.05) is 0 Å². The molecule has 1 amide bonds. The van der Waals surface area contributed by atoms with Crippen LogP contribution in [-0.4, -0.2) is 11.4 Å². The Kier molecular flexibility index (Phi) is 4.67. The molecule has 1 N–H and O–H groups in total. The van der Waals surface area contributed by atoms with Crippen molar-refractivity contribution in [1.29, 1.82) is 5.26 Å². The van der Waals surface area contributed by atoms with Crippen LogP contribution >= 0.6 is 11.6 Å². The second kappa shape index (κ2) is 6.28. The molecule has 0 saturated heterocycles. The quantitative estimate of drug-likeness (QED) is 0.917. The molecule has 0 spiro atoms. The van der Waals surface area contributed by atoms with E-state index in [4.69, 9.17) is 11.6 Å². The Morgan fingerprint density at radius 2 is 2.10 bits per heavy atom. The molecule has 0 atom stereocenters. The number of carbonyl (C=O) groups is 1. The Morgan fingerprint density at radius 1 is 1.45 bits per heavy atom. The lowest BCUT2D eigenvalue weighted by molar-refractivity contribution is 0.0891. The molecular weight excluding hydrogens is 272 g/mol. The van der Waals surface area contributed by atoms with Crippen LogP contribution in [0.1, 0.15) is 49.4 Å². The predicted octanol–water partition coefficient (Wildman–Crippen LogP) is 3.93. The normalized spacial score (nSPS) is 25.8. The van der Waals surface area contributed by atoms with Crippen LogP contribution in [0.5, 0.6) is 0 Å². The van der Waals surface area contributed by atoms with Crippen molar-refractivity contribution in [2.45, 2.75) is 44.6 Å². The highest BCUT2D eigenvalue weighted by Crippen LogP contribution is 2.33. The minimum absolute atomic E-state index is 0.257. The van der Waals surface area contributed by atoms with Gasteiger partial charge >= 0.3 is 0 Å². The van der Waals surface area contributed by atoms with Gasteiger partial charge in [0.25, 0.3) is 5.91 Å². The van der Waals surface area contributed by atoms with Gasteiger partial charge in [-0.3, -0.25) is 4.79 Å². The van der Waals surface area contributed by atoms with E-state index in [1.54, 1.807) is 24.3 Å². The maximum atomic E-state index is 12.3. The van der Waals surface area contributed by atoms with Gasteiger partial charge in [-0.1, -0.05) is 37.1 Å². The number of nitrogens with one attached hydrogen (secondary N) is 1. The van der Waals surface area contributed by atoms with Gasteiger partial charge in [-0.15, -0.1) is 0 Å². The van der Waals surface area contributed by atoms with Gasteiger partial charge in [0.2, 0.25) is 0 Å². The van der Waals surface area contributed by atoms with Crippen molar-refractivity contribution in [3.8, 4) is 6.07 Å². The molecule has 2 rings (SSSR count). The summed E-state index contributed by atoms with van der Waals surface area (Å²) in [6.45, 7) is 2.17. The molecule has 106 valence electrons. The Morgan fingerprint density at radius 3 is 2.65 bits per heavy atom. The standard InChI is InChI=1S/C16H19ClN2O/c1-2-12-7-9-16(11-18,10-8-12)19-15(20)13-5-3-4-6-14(13)17/h3-6,12H,2,7-10H2,1H3,(H,19,20). The van der Waals surface area contributed by atoms with Crippen molar-refractivity contribution in [3.05, 3.63) is 34.9 Å². The monoisotopic (exact) mass is 290 g/mol. The summed E-state index contributed by atoms with van der Waals surface area (Å²) in [5, 5.41) is 12.8. The first-order valence-corrected chi connectivity index (χ1v) is 7.46. The second-order valence-electron chi connectivity index (χ2n) is 5.48. The van der Waals surface area contributed by atoms with Gasteiger partial charge < -0.3 is 5.32 Å². The minimum Gasteiger partial charge on any atom is -0.334 e. The minimum atomic E-state index is -0.734. The van der Waals surface area contributed by atoms with Crippen molar-refractivity contribution in [3.63, 3.8) is 0 Å². The van der Waals surface area contributed by atoms with E-state index in [9.17, 15) is 10.1 Å². The van der Waals surface area contributed by atoms with Crippen molar-refractivity contribution in [2.24, 2.45) is 5.92 Å². The highest BCUT2D eigenvalue weighted by molar-refractivity contribution is 6.33. The maximum Gasteiger partial charge on any atom is 0.254 e. The lowest BCUT2D eigenvalue weighted by atomic mass is 9.76. The maximum absolute atomic E-state index is 12.3. The molecule has 0 heterocycles. The fourth-order valence-electron chi connectivity index (χ4n) is 2.77. The third-order valence-electron chi connectivity index (χ3n) is 4.22. The third kappa shape index (κ3) is 3.13. The Balaban J connectivity index is 2.10. The fraction of sp³-hybridized carbons (Fsp3) is 0.500. The molecule has 0 bridgehead atoms. The molecule has 1 saturated carbocycles.